The van der Waals surface area contributed by atoms with Gasteiger partial charge < -0.3 is 15.2 Å². The number of aryl methyl sites for hydroxylation is 1. The molecule has 6 nitrogen and oxygen atoms in total. The zero-order valence-electron chi connectivity index (χ0n) is 17.8. The molecule has 0 saturated carbocycles. The number of aliphatic hydroxyl groups excluding tert-OH is 1. The number of benzene rings is 3. The minimum Gasteiger partial charge on any atom is -0.481 e. The Labute approximate surface area is 186 Å². The van der Waals surface area contributed by atoms with Gasteiger partial charge in [0.05, 0.1) is 17.0 Å². The molecule has 3 N–H and O–H groups in total. The van der Waals surface area contributed by atoms with E-state index in [1.165, 1.54) is 11.1 Å². The van der Waals surface area contributed by atoms with Gasteiger partial charge in [-0.1, -0.05) is 54.6 Å². The standard InChI is InChI=1S/C26H25N3O3/c1-16-21(18-7-3-2-4-8-18)10-11-22-24(16)28-25(27-22)19-9-5-6-17(12-19)14-29-15-20(26(31)32)13-23(29)30/h2-12,20,23,30H,13-15H2,1H3,(H,27,28)(H,31,32)/t20-,23+/m0/s1. The number of fused-ring (bicyclic) bond motifs is 1. The van der Waals surface area contributed by atoms with Crippen molar-refractivity contribution >= 4 is 17.0 Å². The number of nitrogens with one attached hydrogen (secondary N) is 1. The molecule has 3 aromatic carbocycles. The molecular weight excluding hydrogens is 402 g/mol. The fourth-order valence-electron chi connectivity index (χ4n) is 4.56. The number of aromatic amines is 1. The summed E-state index contributed by atoms with van der Waals surface area (Å²) in [6.07, 6.45) is -0.466. The molecule has 0 unspecified atom stereocenters. The number of H-pyrrole nitrogens is 1. The first kappa shape index (κ1) is 20.4. The first-order chi connectivity index (χ1) is 15.5. The molecular formula is C26H25N3O3. The highest BCUT2D eigenvalue weighted by Gasteiger charge is 2.34. The molecule has 32 heavy (non-hydrogen) atoms. The Morgan fingerprint density at radius 3 is 2.62 bits per heavy atom. The van der Waals surface area contributed by atoms with Crippen molar-refractivity contribution in [1.82, 2.24) is 14.9 Å². The van der Waals surface area contributed by atoms with E-state index in [-0.39, 0.29) is 6.42 Å². The summed E-state index contributed by atoms with van der Waals surface area (Å²) in [5.41, 5.74) is 7.38. The number of hydrogen-bond acceptors (Lipinski definition) is 4. The molecule has 1 saturated heterocycles. The Balaban J connectivity index is 1.43. The molecule has 1 fully saturated rings. The third-order valence-electron chi connectivity index (χ3n) is 6.30. The number of aromatic nitrogens is 2. The molecule has 5 rings (SSSR count). The number of carboxylic acids is 1. The molecule has 2 heterocycles. The Bertz CT molecular complexity index is 1280. The number of aliphatic hydroxyl groups is 1. The van der Waals surface area contributed by atoms with E-state index in [4.69, 9.17) is 4.98 Å². The lowest BCUT2D eigenvalue weighted by Gasteiger charge is -2.20. The van der Waals surface area contributed by atoms with E-state index in [9.17, 15) is 15.0 Å². The second-order valence-electron chi connectivity index (χ2n) is 8.47. The molecule has 0 radical (unpaired) electrons. The number of likely N-dealkylation sites (tertiary alicyclic amines) is 1. The highest BCUT2D eigenvalue weighted by molar-refractivity contribution is 5.88. The van der Waals surface area contributed by atoms with E-state index in [2.05, 4.69) is 36.2 Å². The van der Waals surface area contributed by atoms with E-state index in [1.807, 2.05) is 47.4 Å². The van der Waals surface area contributed by atoms with Gasteiger partial charge in [-0.25, -0.2) is 4.98 Å². The van der Waals surface area contributed by atoms with Crippen LogP contribution >= 0.6 is 0 Å². The van der Waals surface area contributed by atoms with Crippen molar-refractivity contribution in [2.24, 2.45) is 5.92 Å². The summed E-state index contributed by atoms with van der Waals surface area (Å²) in [6.45, 7) is 2.95. The lowest BCUT2D eigenvalue weighted by molar-refractivity contribution is -0.141. The van der Waals surface area contributed by atoms with Crippen LogP contribution in [0.3, 0.4) is 0 Å². The van der Waals surface area contributed by atoms with Crippen molar-refractivity contribution in [1.29, 1.82) is 0 Å². The molecule has 1 aromatic heterocycles. The zero-order chi connectivity index (χ0) is 22.2. The average Bonchev–Trinajstić information content (AvgIpc) is 3.39. The van der Waals surface area contributed by atoms with E-state index in [0.717, 1.165) is 33.5 Å². The summed E-state index contributed by atoms with van der Waals surface area (Å²) in [5.74, 6) is -0.585. The van der Waals surface area contributed by atoms with Crippen molar-refractivity contribution in [3.8, 4) is 22.5 Å². The predicted molar refractivity (Wildman–Crippen MR) is 124 cm³/mol. The zero-order valence-corrected chi connectivity index (χ0v) is 17.8. The predicted octanol–water partition coefficient (Wildman–Crippen LogP) is 4.43. The summed E-state index contributed by atoms with van der Waals surface area (Å²) in [7, 11) is 0. The normalized spacial score (nSPS) is 18.9. The minimum absolute atomic E-state index is 0.265. The fourth-order valence-corrected chi connectivity index (χ4v) is 4.56. The van der Waals surface area contributed by atoms with Gasteiger partial charge in [-0.2, -0.15) is 0 Å². The Hall–Kier alpha value is -3.48. The van der Waals surface area contributed by atoms with Gasteiger partial charge >= 0.3 is 5.97 Å². The van der Waals surface area contributed by atoms with Gasteiger partial charge in [-0.3, -0.25) is 9.69 Å². The Kier molecular flexibility index (Phi) is 5.25. The maximum Gasteiger partial charge on any atom is 0.307 e. The van der Waals surface area contributed by atoms with Crippen molar-refractivity contribution in [3.05, 3.63) is 77.9 Å². The van der Waals surface area contributed by atoms with Crippen LogP contribution in [0.15, 0.2) is 66.7 Å². The van der Waals surface area contributed by atoms with Gasteiger partial charge in [0.25, 0.3) is 0 Å². The lowest BCUT2D eigenvalue weighted by Crippen LogP contribution is -2.29. The summed E-state index contributed by atoms with van der Waals surface area (Å²) in [5, 5.41) is 19.5. The maximum atomic E-state index is 11.3. The molecule has 1 aliphatic rings. The molecule has 0 bridgehead atoms. The van der Waals surface area contributed by atoms with Crippen LogP contribution in [0.4, 0.5) is 0 Å². The number of rotatable bonds is 5. The monoisotopic (exact) mass is 427 g/mol. The molecule has 0 amide bonds. The highest BCUT2D eigenvalue weighted by Crippen LogP contribution is 2.31. The second-order valence-corrected chi connectivity index (χ2v) is 8.47. The van der Waals surface area contributed by atoms with Crippen molar-refractivity contribution in [2.75, 3.05) is 6.54 Å². The summed E-state index contributed by atoms with van der Waals surface area (Å²) >= 11 is 0. The number of carboxylic acid groups (broad SMARTS) is 1. The number of nitrogens with zero attached hydrogens (tertiary/aromatic N) is 2. The topological polar surface area (TPSA) is 89.5 Å². The smallest absolute Gasteiger partial charge is 0.307 e. The van der Waals surface area contributed by atoms with Gasteiger partial charge in [-0.05, 0) is 41.3 Å². The molecule has 0 aliphatic carbocycles. The van der Waals surface area contributed by atoms with Gasteiger partial charge in [0, 0.05) is 25.1 Å². The van der Waals surface area contributed by atoms with Crippen LogP contribution in [0.5, 0.6) is 0 Å². The maximum absolute atomic E-state index is 11.3. The van der Waals surface area contributed by atoms with E-state index in [1.54, 1.807) is 0 Å². The second kappa shape index (κ2) is 8.22. The van der Waals surface area contributed by atoms with Gasteiger partial charge in [0.1, 0.15) is 12.1 Å². The third kappa shape index (κ3) is 3.79. The molecule has 2 atom stereocenters. The minimum atomic E-state index is -0.854. The van der Waals surface area contributed by atoms with E-state index >= 15 is 0 Å². The lowest BCUT2D eigenvalue weighted by atomic mass is 9.99. The van der Waals surface area contributed by atoms with Gasteiger partial charge in [0.15, 0.2) is 0 Å². The van der Waals surface area contributed by atoms with E-state index < -0.39 is 18.1 Å². The Morgan fingerprint density at radius 1 is 1.09 bits per heavy atom. The number of imidazole rings is 1. The van der Waals surface area contributed by atoms with Crippen molar-refractivity contribution < 1.29 is 15.0 Å². The molecule has 1 aliphatic heterocycles. The summed E-state index contributed by atoms with van der Waals surface area (Å²) < 4.78 is 0. The van der Waals surface area contributed by atoms with Crippen LogP contribution in [0, 0.1) is 12.8 Å². The molecule has 0 spiro atoms. The summed E-state index contributed by atoms with van der Waals surface area (Å²) in [6, 6.07) is 22.5. The SMILES string of the molecule is Cc1c(-c2ccccc2)ccc2[nH]c(-c3cccc(CN4C[C@@H](C(=O)O)C[C@H]4O)c3)nc12. The van der Waals surface area contributed by atoms with E-state index in [0.29, 0.717) is 13.1 Å². The quantitative estimate of drug-likeness (QED) is 0.438. The van der Waals surface area contributed by atoms with Gasteiger partial charge in [0.2, 0.25) is 0 Å². The first-order valence-electron chi connectivity index (χ1n) is 10.8. The van der Waals surface area contributed by atoms with Crippen LogP contribution in [0.2, 0.25) is 0 Å². The third-order valence-corrected chi connectivity index (χ3v) is 6.30. The highest BCUT2D eigenvalue weighted by atomic mass is 16.4. The van der Waals surface area contributed by atoms with Crippen molar-refractivity contribution in [2.45, 2.75) is 26.1 Å². The molecule has 4 aromatic rings. The number of hydrogen-bond donors (Lipinski definition) is 3. The molecule has 162 valence electrons. The van der Waals surface area contributed by atoms with Crippen LogP contribution in [-0.2, 0) is 11.3 Å². The molecule has 6 heteroatoms. The number of carbonyl (C=O) groups is 1. The van der Waals surface area contributed by atoms with Crippen molar-refractivity contribution in [3.63, 3.8) is 0 Å². The van der Waals surface area contributed by atoms with Crippen LogP contribution < -0.4 is 0 Å². The van der Waals surface area contributed by atoms with Crippen LogP contribution in [0.25, 0.3) is 33.5 Å². The first-order valence-corrected chi connectivity index (χ1v) is 10.8. The number of aliphatic carboxylic acids is 1. The Morgan fingerprint density at radius 2 is 1.88 bits per heavy atom. The summed E-state index contributed by atoms with van der Waals surface area (Å²) in [4.78, 5) is 21.4. The van der Waals surface area contributed by atoms with Gasteiger partial charge in [-0.15, -0.1) is 0 Å². The largest absolute Gasteiger partial charge is 0.481 e. The van der Waals surface area contributed by atoms with Crippen LogP contribution in [0.1, 0.15) is 17.5 Å². The average molecular weight is 428 g/mol. The van der Waals surface area contributed by atoms with Crippen LogP contribution in [-0.4, -0.2) is 43.8 Å². The fraction of sp³-hybridized carbons (Fsp3) is 0.231.